The largest absolute Gasteiger partial charge is 0.360 e. The van der Waals surface area contributed by atoms with E-state index in [2.05, 4.69) is 5.32 Å². The first kappa shape index (κ1) is 9.83. The Balaban J connectivity index is 2.83. The molecule has 0 aromatic heterocycles. The van der Waals surface area contributed by atoms with Crippen molar-refractivity contribution in [3.63, 3.8) is 0 Å². The predicted molar refractivity (Wildman–Crippen MR) is 54.1 cm³/mol. The molecule has 3 heteroatoms. The highest BCUT2D eigenvalue weighted by Crippen LogP contribution is 2.13. The van der Waals surface area contributed by atoms with E-state index in [0.717, 1.165) is 11.3 Å². The van der Waals surface area contributed by atoms with E-state index in [0.29, 0.717) is 0 Å². The fourth-order valence-corrected chi connectivity index (χ4v) is 0.974. The maximum Gasteiger partial charge on any atom is 0.145 e. The Labute approximate surface area is 82.9 Å². The van der Waals surface area contributed by atoms with Crippen molar-refractivity contribution in [1.82, 2.24) is 0 Å². The number of nitriles is 2. The topological polar surface area (TPSA) is 59.6 Å². The van der Waals surface area contributed by atoms with Crippen LogP contribution in [0.4, 0.5) is 5.69 Å². The number of hydrogen-bond donors (Lipinski definition) is 1. The normalized spacial score (nSPS) is 8.21. The molecule has 1 rings (SSSR count). The molecule has 0 heterocycles. The zero-order valence-corrected chi connectivity index (χ0v) is 7.78. The van der Waals surface area contributed by atoms with Gasteiger partial charge in [-0.05, 0) is 18.6 Å². The summed E-state index contributed by atoms with van der Waals surface area (Å²) in [5, 5.41) is 19.9. The number of hydrogen-bond acceptors (Lipinski definition) is 3. The number of aryl methyl sites for hydroxylation is 1. The molecule has 0 atom stereocenters. The highest BCUT2D eigenvalue weighted by molar-refractivity contribution is 5.54. The SMILES string of the molecule is Cc1ccccc1NC=C(C#N)C#N. The maximum atomic E-state index is 8.49. The van der Waals surface area contributed by atoms with Crippen molar-refractivity contribution in [3.8, 4) is 12.1 Å². The fraction of sp³-hybridized carbons (Fsp3) is 0.0909. The van der Waals surface area contributed by atoms with Gasteiger partial charge in [0, 0.05) is 11.9 Å². The quantitative estimate of drug-likeness (QED) is 0.716. The Morgan fingerprint density at radius 1 is 1.29 bits per heavy atom. The Morgan fingerprint density at radius 2 is 1.93 bits per heavy atom. The molecule has 0 bridgehead atoms. The van der Waals surface area contributed by atoms with Gasteiger partial charge in [0.25, 0.3) is 0 Å². The molecule has 3 nitrogen and oxygen atoms in total. The Bertz CT molecular complexity index is 417. The van der Waals surface area contributed by atoms with Gasteiger partial charge in [-0.15, -0.1) is 0 Å². The summed E-state index contributed by atoms with van der Waals surface area (Å²) < 4.78 is 0. The van der Waals surface area contributed by atoms with Gasteiger partial charge in [0.05, 0.1) is 0 Å². The lowest BCUT2D eigenvalue weighted by Crippen LogP contribution is -1.91. The van der Waals surface area contributed by atoms with Gasteiger partial charge in [0.1, 0.15) is 17.7 Å². The summed E-state index contributed by atoms with van der Waals surface area (Å²) in [5.41, 5.74) is 2.03. The average Bonchev–Trinajstić information content (AvgIpc) is 2.22. The van der Waals surface area contributed by atoms with Crippen LogP contribution in [-0.2, 0) is 0 Å². The molecular weight excluding hydrogens is 174 g/mol. The van der Waals surface area contributed by atoms with Gasteiger partial charge in [-0.2, -0.15) is 10.5 Å². The summed E-state index contributed by atoms with van der Waals surface area (Å²) in [4.78, 5) is 0. The van der Waals surface area contributed by atoms with Crippen LogP contribution < -0.4 is 5.32 Å². The number of para-hydroxylation sites is 1. The minimum atomic E-state index is 0.0632. The zero-order chi connectivity index (χ0) is 10.4. The molecule has 1 N–H and O–H groups in total. The highest BCUT2D eigenvalue weighted by Gasteiger charge is 1.94. The van der Waals surface area contributed by atoms with Gasteiger partial charge in [0.15, 0.2) is 0 Å². The van der Waals surface area contributed by atoms with Crippen LogP contribution in [0.5, 0.6) is 0 Å². The molecule has 0 aliphatic heterocycles. The van der Waals surface area contributed by atoms with E-state index in [9.17, 15) is 0 Å². The molecule has 68 valence electrons. The summed E-state index contributed by atoms with van der Waals surface area (Å²) in [6.07, 6.45) is 1.41. The van der Waals surface area contributed by atoms with Crippen LogP contribution in [0.1, 0.15) is 5.56 Å². The highest BCUT2D eigenvalue weighted by atomic mass is 14.8. The van der Waals surface area contributed by atoms with E-state index < -0.39 is 0 Å². The molecular formula is C11H9N3. The van der Waals surface area contributed by atoms with Crippen molar-refractivity contribution >= 4 is 5.69 Å². The first-order chi connectivity index (χ1) is 6.77. The molecule has 0 unspecified atom stereocenters. The first-order valence-corrected chi connectivity index (χ1v) is 4.10. The third-order valence-corrected chi connectivity index (χ3v) is 1.76. The van der Waals surface area contributed by atoms with E-state index in [-0.39, 0.29) is 5.57 Å². The van der Waals surface area contributed by atoms with Crippen molar-refractivity contribution in [2.75, 3.05) is 5.32 Å². The van der Waals surface area contributed by atoms with E-state index in [4.69, 9.17) is 10.5 Å². The monoisotopic (exact) mass is 183 g/mol. The van der Waals surface area contributed by atoms with Crippen LogP contribution in [0.15, 0.2) is 36.0 Å². The molecule has 0 aliphatic rings. The number of nitrogens with one attached hydrogen (secondary N) is 1. The molecule has 0 fully saturated rings. The van der Waals surface area contributed by atoms with Crippen LogP contribution >= 0.6 is 0 Å². The van der Waals surface area contributed by atoms with Crippen molar-refractivity contribution < 1.29 is 0 Å². The minimum Gasteiger partial charge on any atom is -0.360 e. The number of rotatable bonds is 2. The lowest BCUT2D eigenvalue weighted by molar-refractivity contribution is 1.41. The second-order valence-corrected chi connectivity index (χ2v) is 2.74. The summed E-state index contributed by atoms with van der Waals surface area (Å²) in [6, 6.07) is 11.2. The van der Waals surface area contributed by atoms with E-state index in [1.807, 2.05) is 31.2 Å². The third-order valence-electron chi connectivity index (χ3n) is 1.76. The van der Waals surface area contributed by atoms with Crippen LogP contribution in [-0.4, -0.2) is 0 Å². The molecule has 14 heavy (non-hydrogen) atoms. The van der Waals surface area contributed by atoms with Crippen molar-refractivity contribution in [2.24, 2.45) is 0 Å². The van der Waals surface area contributed by atoms with E-state index >= 15 is 0 Å². The first-order valence-electron chi connectivity index (χ1n) is 4.10. The summed E-state index contributed by atoms with van der Waals surface area (Å²) >= 11 is 0. The maximum absolute atomic E-state index is 8.49. The summed E-state index contributed by atoms with van der Waals surface area (Å²) in [6.45, 7) is 1.95. The van der Waals surface area contributed by atoms with Crippen molar-refractivity contribution in [3.05, 3.63) is 41.6 Å². The molecule has 0 saturated heterocycles. The van der Waals surface area contributed by atoms with Gasteiger partial charge in [0.2, 0.25) is 0 Å². The van der Waals surface area contributed by atoms with Gasteiger partial charge in [-0.3, -0.25) is 0 Å². The molecule has 0 amide bonds. The number of anilines is 1. The Morgan fingerprint density at radius 3 is 2.50 bits per heavy atom. The molecule has 0 spiro atoms. The Kier molecular flexibility index (Phi) is 3.29. The van der Waals surface area contributed by atoms with Gasteiger partial charge in [-0.1, -0.05) is 18.2 Å². The Hall–Kier alpha value is -2.26. The number of benzene rings is 1. The molecule has 1 aromatic carbocycles. The minimum absolute atomic E-state index is 0.0632. The van der Waals surface area contributed by atoms with Crippen molar-refractivity contribution in [1.29, 1.82) is 10.5 Å². The second-order valence-electron chi connectivity index (χ2n) is 2.74. The van der Waals surface area contributed by atoms with Crippen LogP contribution in [0, 0.1) is 29.6 Å². The lowest BCUT2D eigenvalue weighted by Gasteiger charge is -2.03. The molecule has 0 aliphatic carbocycles. The number of nitrogens with zero attached hydrogens (tertiary/aromatic N) is 2. The summed E-state index contributed by atoms with van der Waals surface area (Å²) in [7, 11) is 0. The fourth-order valence-electron chi connectivity index (χ4n) is 0.974. The van der Waals surface area contributed by atoms with Crippen molar-refractivity contribution in [2.45, 2.75) is 6.92 Å². The van der Waals surface area contributed by atoms with Crippen LogP contribution in [0.3, 0.4) is 0 Å². The molecule has 0 saturated carbocycles. The zero-order valence-electron chi connectivity index (χ0n) is 7.78. The predicted octanol–water partition coefficient (Wildman–Crippen LogP) is 2.34. The van der Waals surface area contributed by atoms with Crippen LogP contribution in [0.25, 0.3) is 0 Å². The molecule has 0 radical (unpaired) electrons. The van der Waals surface area contributed by atoms with E-state index in [1.54, 1.807) is 12.1 Å². The van der Waals surface area contributed by atoms with Gasteiger partial charge < -0.3 is 5.32 Å². The van der Waals surface area contributed by atoms with Gasteiger partial charge in [-0.25, -0.2) is 0 Å². The standard InChI is InChI=1S/C11H9N3/c1-9-4-2-3-5-11(9)14-8-10(6-12)7-13/h2-5,8,14H,1H3. The average molecular weight is 183 g/mol. The lowest BCUT2D eigenvalue weighted by atomic mass is 10.2. The number of allylic oxidation sites excluding steroid dienone is 1. The summed E-state index contributed by atoms with van der Waals surface area (Å²) in [5.74, 6) is 0. The second kappa shape index (κ2) is 4.69. The van der Waals surface area contributed by atoms with E-state index in [1.165, 1.54) is 6.20 Å². The van der Waals surface area contributed by atoms with Gasteiger partial charge >= 0.3 is 0 Å². The van der Waals surface area contributed by atoms with Crippen LogP contribution in [0.2, 0.25) is 0 Å². The third kappa shape index (κ3) is 2.36. The smallest absolute Gasteiger partial charge is 0.145 e. The molecule has 1 aromatic rings.